The zero-order chi connectivity index (χ0) is 56.8. The summed E-state index contributed by atoms with van der Waals surface area (Å²) in [6.07, 6.45) is 14.4. The lowest BCUT2D eigenvalue weighted by Crippen LogP contribution is -2.34. The molecule has 78 heavy (non-hydrogen) atoms. The molecule has 6 aromatic rings. The van der Waals surface area contributed by atoms with E-state index in [0.29, 0.717) is 40.4 Å². The summed E-state index contributed by atoms with van der Waals surface area (Å²) in [5.74, 6) is 0.106. The monoisotopic (exact) mass is 1180 g/mol. The number of piperidine rings is 1. The molecule has 20 heteroatoms. The summed E-state index contributed by atoms with van der Waals surface area (Å²) >= 11 is 0. The normalized spacial score (nSPS) is 15.5. The minimum Gasteiger partial charge on any atom is -0.303 e. The maximum absolute atomic E-state index is 12.2. The van der Waals surface area contributed by atoms with Crippen LogP contribution in [0.1, 0.15) is 72.3 Å². The lowest BCUT2D eigenvalue weighted by Gasteiger charge is -2.33. The Labute approximate surface area is 463 Å². The van der Waals surface area contributed by atoms with Crippen LogP contribution in [0, 0.1) is 0 Å². The first kappa shape index (κ1) is 60.1. The summed E-state index contributed by atoms with van der Waals surface area (Å²) in [5.41, 5.74) is 6.77. The van der Waals surface area contributed by atoms with Gasteiger partial charge >= 0.3 is 0 Å². The van der Waals surface area contributed by atoms with Crippen LogP contribution < -0.4 is 0 Å². The molecule has 0 aromatic heterocycles. The lowest BCUT2D eigenvalue weighted by molar-refractivity contribution is 0.207. The van der Waals surface area contributed by atoms with E-state index in [4.69, 9.17) is 0 Å². The predicted octanol–water partition coefficient (Wildman–Crippen LogP) is 8.66. The van der Waals surface area contributed by atoms with E-state index in [-0.39, 0.29) is 32.8 Å². The van der Waals surface area contributed by atoms with E-state index >= 15 is 0 Å². The Balaban J connectivity index is 0.000000252. The second-order valence-electron chi connectivity index (χ2n) is 20.2. The summed E-state index contributed by atoms with van der Waals surface area (Å²) in [4.78, 5) is 6.07. The van der Waals surface area contributed by atoms with Crippen molar-refractivity contribution in [3.8, 4) is 0 Å². The highest BCUT2D eigenvalue weighted by atomic mass is 32.2. The molecule has 1 fully saturated rings. The van der Waals surface area contributed by atoms with Gasteiger partial charge in [0.15, 0.2) is 59.0 Å². The van der Waals surface area contributed by atoms with Gasteiger partial charge in [0.2, 0.25) is 0 Å². The number of hydrogen-bond donors (Lipinski definition) is 0. The van der Waals surface area contributed by atoms with Crippen molar-refractivity contribution < 1.29 is 51.9 Å². The van der Waals surface area contributed by atoms with E-state index in [9.17, 15) is 50.5 Å². The van der Waals surface area contributed by atoms with Gasteiger partial charge in [-0.3, -0.25) is 4.90 Å². The standard InChI is InChI=1S/C29H35NO6S3.C29H31NO6S3.H2/c2*1-37(31,32)26-10-4-7-23(19-26)22-13-16-30(17-14-22)18-15-29(24-8-5-11-27(20-24)38(2,33)34)25-9-6-12-28(21-25)39(3,35)36;/h4-12,19-22,29H,13-18H2,1-3H3;4-13,15,19-21H,14,16-18H2,1-3H3;1H. The van der Waals surface area contributed by atoms with E-state index < -0.39 is 59.0 Å². The van der Waals surface area contributed by atoms with Gasteiger partial charge in [-0.25, -0.2) is 50.5 Å². The minimum absolute atomic E-state index is 0. The molecule has 14 nitrogen and oxygen atoms in total. The number of benzene rings is 6. The predicted molar refractivity (Wildman–Crippen MR) is 310 cm³/mol. The Bertz CT molecular complexity index is 3820. The van der Waals surface area contributed by atoms with E-state index in [1.807, 2.05) is 42.5 Å². The molecule has 8 rings (SSSR count). The average molecular weight is 1180 g/mol. The van der Waals surface area contributed by atoms with Crippen LogP contribution in [0.4, 0.5) is 0 Å². The highest BCUT2D eigenvalue weighted by molar-refractivity contribution is 7.92. The van der Waals surface area contributed by atoms with Crippen molar-refractivity contribution in [3.63, 3.8) is 0 Å². The molecule has 1 saturated heterocycles. The second-order valence-corrected chi connectivity index (χ2v) is 32.3. The van der Waals surface area contributed by atoms with E-state index in [0.717, 1.165) is 91.4 Å². The van der Waals surface area contributed by atoms with Crippen molar-refractivity contribution in [3.05, 3.63) is 191 Å². The van der Waals surface area contributed by atoms with Gasteiger partial charge in [0.1, 0.15) is 0 Å². The number of nitrogens with zero attached hydrogens (tertiary/aromatic N) is 2. The Hall–Kier alpha value is -5.58. The van der Waals surface area contributed by atoms with Crippen LogP contribution in [0.5, 0.6) is 0 Å². The molecule has 0 unspecified atom stereocenters. The smallest absolute Gasteiger partial charge is 0.175 e. The summed E-state index contributed by atoms with van der Waals surface area (Å²) in [6.45, 7) is 4.41. The zero-order valence-electron chi connectivity index (χ0n) is 44.5. The van der Waals surface area contributed by atoms with Gasteiger partial charge in [0.05, 0.1) is 29.4 Å². The highest BCUT2D eigenvalue weighted by Crippen LogP contribution is 2.35. The van der Waals surface area contributed by atoms with Gasteiger partial charge in [-0.1, -0.05) is 84.9 Å². The molecule has 0 spiro atoms. The fourth-order valence-electron chi connectivity index (χ4n) is 9.73. The number of hydrogen-bond acceptors (Lipinski definition) is 14. The van der Waals surface area contributed by atoms with Crippen LogP contribution in [-0.2, 0) is 59.0 Å². The molecular formula is C58H68N2O12S6. The Morgan fingerprint density at radius 3 is 1.35 bits per heavy atom. The van der Waals surface area contributed by atoms with Crippen molar-refractivity contribution in [2.45, 2.75) is 66.9 Å². The van der Waals surface area contributed by atoms with E-state index in [1.165, 1.54) is 25.0 Å². The first-order chi connectivity index (χ1) is 36.4. The van der Waals surface area contributed by atoms with Crippen molar-refractivity contribution >= 4 is 70.2 Å². The van der Waals surface area contributed by atoms with Crippen LogP contribution in [0.15, 0.2) is 187 Å². The fourth-order valence-corrected chi connectivity index (χ4v) is 13.8. The number of rotatable bonds is 17. The van der Waals surface area contributed by atoms with Gasteiger partial charge in [-0.05, 0) is 169 Å². The summed E-state index contributed by atoms with van der Waals surface area (Å²) in [6, 6.07) is 41.3. The van der Waals surface area contributed by atoms with Gasteiger partial charge in [-0.15, -0.1) is 0 Å². The van der Waals surface area contributed by atoms with Crippen LogP contribution >= 0.6 is 0 Å². The quantitative estimate of drug-likeness (QED) is 0.0837. The van der Waals surface area contributed by atoms with Crippen LogP contribution in [0.25, 0.3) is 11.1 Å². The van der Waals surface area contributed by atoms with Crippen molar-refractivity contribution in [1.82, 2.24) is 9.80 Å². The van der Waals surface area contributed by atoms with Gasteiger partial charge < -0.3 is 4.90 Å². The molecule has 0 aliphatic carbocycles. The number of likely N-dealkylation sites (tertiary alicyclic amines) is 1. The molecular weight excluding hydrogens is 1110 g/mol. The molecule has 2 aliphatic rings. The molecule has 0 N–H and O–H groups in total. The minimum atomic E-state index is -3.43. The maximum atomic E-state index is 12.2. The van der Waals surface area contributed by atoms with Gasteiger partial charge in [0.25, 0.3) is 0 Å². The third-order valence-corrected chi connectivity index (χ3v) is 20.7. The third kappa shape index (κ3) is 16.3. The van der Waals surface area contributed by atoms with Gasteiger partial charge in [-0.2, -0.15) is 0 Å². The molecule has 0 bridgehead atoms. The summed E-state index contributed by atoms with van der Waals surface area (Å²) in [7, 11) is -20.2. The fraction of sp³-hybridized carbons (Fsp3) is 0.310. The van der Waals surface area contributed by atoms with Crippen LogP contribution in [-0.4, -0.2) is 137 Å². The van der Waals surface area contributed by atoms with Crippen molar-refractivity contribution in [2.75, 3.05) is 76.8 Å². The molecule has 2 heterocycles. The first-order valence-electron chi connectivity index (χ1n) is 25.1. The van der Waals surface area contributed by atoms with Crippen molar-refractivity contribution in [1.29, 1.82) is 0 Å². The Morgan fingerprint density at radius 2 is 0.897 bits per heavy atom. The SMILES string of the molecule is CS(=O)(=O)c1cccc(C2=CCN(CC=C(c3cccc(S(C)(=O)=O)c3)c3cccc(S(C)(=O)=O)c3)CC2)c1.CS(=O)(=O)c1cccc(C2CCN(CCC(c3cccc(S(C)(=O)=O)c3)c3cccc(S(C)(=O)=O)c3)CC2)c1.[HH]. The Kier molecular flexibility index (Phi) is 18.8. The first-order valence-corrected chi connectivity index (χ1v) is 36.4. The largest absolute Gasteiger partial charge is 0.303 e. The maximum Gasteiger partial charge on any atom is 0.175 e. The third-order valence-electron chi connectivity index (χ3n) is 14.1. The van der Waals surface area contributed by atoms with E-state index in [2.05, 4.69) is 15.9 Å². The molecule has 0 atom stereocenters. The van der Waals surface area contributed by atoms with Crippen LogP contribution in [0.2, 0.25) is 0 Å². The summed E-state index contributed by atoms with van der Waals surface area (Å²) in [5, 5.41) is 0. The average Bonchev–Trinajstić information content (AvgIpc) is 3.46. The molecule has 0 amide bonds. The molecule has 6 aromatic carbocycles. The second kappa shape index (κ2) is 24.4. The molecule has 0 saturated carbocycles. The van der Waals surface area contributed by atoms with Crippen molar-refractivity contribution in [2.24, 2.45) is 0 Å². The van der Waals surface area contributed by atoms with E-state index in [1.54, 1.807) is 109 Å². The molecule has 0 radical (unpaired) electrons. The topological polar surface area (TPSA) is 211 Å². The van der Waals surface area contributed by atoms with Gasteiger partial charge in [0, 0.05) is 64.5 Å². The Morgan fingerprint density at radius 1 is 0.487 bits per heavy atom. The summed E-state index contributed by atoms with van der Waals surface area (Å²) < 4.78 is 146. The molecule has 418 valence electrons. The molecule has 2 aliphatic heterocycles. The highest BCUT2D eigenvalue weighted by Gasteiger charge is 2.25. The zero-order valence-corrected chi connectivity index (χ0v) is 49.4. The lowest BCUT2D eigenvalue weighted by atomic mass is 9.87. The number of sulfone groups is 6. The van der Waals surface area contributed by atoms with Crippen LogP contribution in [0.3, 0.4) is 0 Å².